The van der Waals surface area contributed by atoms with E-state index in [4.69, 9.17) is 5.11 Å². The molecule has 0 spiro atoms. The summed E-state index contributed by atoms with van der Waals surface area (Å²) >= 11 is 0. The van der Waals surface area contributed by atoms with Gasteiger partial charge >= 0.3 is 0 Å². The van der Waals surface area contributed by atoms with Crippen LogP contribution in [0.1, 0.15) is 49.3 Å². The van der Waals surface area contributed by atoms with E-state index in [0.29, 0.717) is 18.9 Å². The third kappa shape index (κ3) is 4.28. The first-order valence-electron chi connectivity index (χ1n) is 9.14. The minimum atomic E-state index is 0.101. The summed E-state index contributed by atoms with van der Waals surface area (Å²) in [5, 5.41) is 13.4. The zero-order valence-corrected chi connectivity index (χ0v) is 14.8. The molecule has 1 aliphatic heterocycles. The number of likely N-dealkylation sites (tertiary alicyclic amines) is 1. The Morgan fingerprint density at radius 3 is 2.64 bits per heavy atom. The summed E-state index contributed by atoms with van der Waals surface area (Å²) in [7, 11) is 0. The Morgan fingerprint density at radius 1 is 1.24 bits per heavy atom. The van der Waals surface area contributed by atoms with Gasteiger partial charge in [0.05, 0.1) is 13.2 Å². The molecule has 1 aromatic heterocycles. The van der Waals surface area contributed by atoms with Crippen LogP contribution in [0.25, 0.3) is 0 Å². The number of carbonyl (C=O) groups is 1. The summed E-state index contributed by atoms with van der Waals surface area (Å²) in [5.41, 5.74) is 2.40. The lowest BCUT2D eigenvalue weighted by molar-refractivity contribution is -0.132. The van der Waals surface area contributed by atoms with Crippen LogP contribution in [0.4, 0.5) is 0 Å². The Balaban J connectivity index is 1.53. The van der Waals surface area contributed by atoms with E-state index in [1.54, 1.807) is 6.20 Å². The predicted molar refractivity (Wildman–Crippen MR) is 97.3 cm³/mol. The largest absolute Gasteiger partial charge is 0.394 e. The maximum absolute atomic E-state index is 12.6. The lowest BCUT2D eigenvalue weighted by Gasteiger charge is -2.33. The molecule has 1 aromatic carbocycles. The number of aliphatic hydroxyl groups is 1. The minimum Gasteiger partial charge on any atom is -0.394 e. The number of amides is 1. The maximum Gasteiger partial charge on any atom is 0.223 e. The number of rotatable bonds is 6. The van der Waals surface area contributed by atoms with E-state index in [2.05, 4.69) is 24.2 Å². The van der Waals surface area contributed by atoms with Crippen molar-refractivity contribution in [3.8, 4) is 0 Å². The molecule has 0 radical (unpaired) electrons. The van der Waals surface area contributed by atoms with Gasteiger partial charge in [0, 0.05) is 37.3 Å². The summed E-state index contributed by atoms with van der Waals surface area (Å²) in [6, 6.07) is 12.3. The van der Waals surface area contributed by atoms with Crippen molar-refractivity contribution in [3.05, 3.63) is 53.9 Å². The monoisotopic (exact) mass is 341 g/mol. The normalized spacial score (nSPS) is 16.8. The Kier molecular flexibility index (Phi) is 5.87. The van der Waals surface area contributed by atoms with Gasteiger partial charge in [0.25, 0.3) is 0 Å². The summed E-state index contributed by atoms with van der Waals surface area (Å²) in [5.74, 6) is 0.917. The van der Waals surface area contributed by atoms with E-state index in [0.717, 1.165) is 25.9 Å². The highest BCUT2D eigenvalue weighted by atomic mass is 16.3. The molecule has 0 aliphatic carbocycles. The summed E-state index contributed by atoms with van der Waals surface area (Å²) in [6.07, 6.45) is 4.28. The SMILES string of the molecule is CC(CC(=O)N1CCC(c2ccnn2CCO)CC1)c1ccccc1. The molecule has 1 saturated heterocycles. The van der Waals surface area contributed by atoms with Gasteiger partial charge in [-0.2, -0.15) is 5.10 Å². The van der Waals surface area contributed by atoms with E-state index < -0.39 is 0 Å². The molecular weight excluding hydrogens is 314 g/mol. The summed E-state index contributed by atoms with van der Waals surface area (Å²) in [6.45, 7) is 4.36. The molecule has 2 aromatic rings. The Bertz CT molecular complexity index is 675. The van der Waals surface area contributed by atoms with Gasteiger partial charge in [-0.3, -0.25) is 9.48 Å². The van der Waals surface area contributed by atoms with Crippen LogP contribution in [0.15, 0.2) is 42.6 Å². The molecule has 0 saturated carbocycles. The van der Waals surface area contributed by atoms with Crippen molar-refractivity contribution in [2.24, 2.45) is 0 Å². The predicted octanol–water partition coefficient (Wildman–Crippen LogP) is 2.78. The molecule has 3 rings (SSSR count). The molecule has 0 bridgehead atoms. The van der Waals surface area contributed by atoms with E-state index in [-0.39, 0.29) is 18.4 Å². The molecule has 1 fully saturated rings. The van der Waals surface area contributed by atoms with Gasteiger partial charge in [0.15, 0.2) is 0 Å². The van der Waals surface area contributed by atoms with Gasteiger partial charge in [-0.25, -0.2) is 0 Å². The van der Waals surface area contributed by atoms with Gasteiger partial charge in [0.1, 0.15) is 0 Å². The molecule has 1 unspecified atom stereocenters. The van der Waals surface area contributed by atoms with Crippen LogP contribution in [-0.4, -0.2) is 45.4 Å². The fourth-order valence-electron chi connectivity index (χ4n) is 3.69. The average molecular weight is 341 g/mol. The highest BCUT2D eigenvalue weighted by molar-refractivity contribution is 5.77. The van der Waals surface area contributed by atoms with Crippen LogP contribution in [0, 0.1) is 0 Å². The fourth-order valence-corrected chi connectivity index (χ4v) is 3.69. The van der Waals surface area contributed by atoms with Crippen LogP contribution < -0.4 is 0 Å². The number of piperidine rings is 1. The third-order valence-electron chi connectivity index (χ3n) is 5.18. The molecule has 134 valence electrons. The molecule has 1 aliphatic rings. The van der Waals surface area contributed by atoms with E-state index in [1.165, 1.54) is 11.3 Å². The van der Waals surface area contributed by atoms with Crippen molar-refractivity contribution in [1.82, 2.24) is 14.7 Å². The number of benzene rings is 1. The second-order valence-corrected chi connectivity index (χ2v) is 6.87. The number of carbonyl (C=O) groups excluding carboxylic acids is 1. The van der Waals surface area contributed by atoms with E-state index in [9.17, 15) is 4.79 Å². The first-order valence-corrected chi connectivity index (χ1v) is 9.14. The topological polar surface area (TPSA) is 58.4 Å². The standard InChI is InChI=1S/C20H27N3O2/c1-16(17-5-3-2-4-6-17)15-20(25)22-11-8-18(9-12-22)19-7-10-21-23(19)13-14-24/h2-7,10,16,18,24H,8-9,11-15H2,1H3. The first kappa shape index (κ1) is 17.7. The van der Waals surface area contributed by atoms with Gasteiger partial charge in [0.2, 0.25) is 5.91 Å². The van der Waals surface area contributed by atoms with Crippen molar-refractivity contribution in [2.45, 2.75) is 44.6 Å². The first-order chi connectivity index (χ1) is 12.2. The van der Waals surface area contributed by atoms with Gasteiger partial charge < -0.3 is 10.0 Å². The Morgan fingerprint density at radius 2 is 1.96 bits per heavy atom. The molecule has 1 N–H and O–H groups in total. The van der Waals surface area contributed by atoms with Gasteiger partial charge in [-0.05, 0) is 30.4 Å². The quantitative estimate of drug-likeness (QED) is 0.879. The number of aromatic nitrogens is 2. The highest BCUT2D eigenvalue weighted by Gasteiger charge is 2.26. The van der Waals surface area contributed by atoms with Crippen LogP contribution in [0.3, 0.4) is 0 Å². The highest BCUT2D eigenvalue weighted by Crippen LogP contribution is 2.29. The molecule has 1 atom stereocenters. The molecule has 5 heteroatoms. The molecule has 5 nitrogen and oxygen atoms in total. The summed E-state index contributed by atoms with van der Waals surface area (Å²) in [4.78, 5) is 14.6. The smallest absolute Gasteiger partial charge is 0.223 e. The van der Waals surface area contributed by atoms with E-state index in [1.807, 2.05) is 33.8 Å². The van der Waals surface area contributed by atoms with Crippen LogP contribution in [-0.2, 0) is 11.3 Å². The number of hydrogen-bond acceptors (Lipinski definition) is 3. The second-order valence-electron chi connectivity index (χ2n) is 6.87. The van der Waals surface area contributed by atoms with Crippen molar-refractivity contribution >= 4 is 5.91 Å². The van der Waals surface area contributed by atoms with Crippen LogP contribution in [0.5, 0.6) is 0 Å². The maximum atomic E-state index is 12.6. The van der Waals surface area contributed by atoms with Gasteiger partial charge in [-0.1, -0.05) is 37.3 Å². The number of aliphatic hydroxyl groups excluding tert-OH is 1. The lowest BCUT2D eigenvalue weighted by atomic mass is 9.92. The minimum absolute atomic E-state index is 0.101. The van der Waals surface area contributed by atoms with Crippen molar-refractivity contribution in [2.75, 3.05) is 19.7 Å². The van der Waals surface area contributed by atoms with E-state index >= 15 is 0 Å². The molecule has 25 heavy (non-hydrogen) atoms. The summed E-state index contributed by atoms with van der Waals surface area (Å²) < 4.78 is 1.89. The fraction of sp³-hybridized carbons (Fsp3) is 0.500. The average Bonchev–Trinajstić information content (AvgIpc) is 3.11. The van der Waals surface area contributed by atoms with Crippen molar-refractivity contribution in [3.63, 3.8) is 0 Å². The molecule has 1 amide bonds. The van der Waals surface area contributed by atoms with Crippen molar-refractivity contribution < 1.29 is 9.90 Å². The zero-order chi connectivity index (χ0) is 17.6. The Labute approximate surface area is 149 Å². The molecule has 2 heterocycles. The molecular formula is C20H27N3O2. The van der Waals surface area contributed by atoms with Crippen LogP contribution in [0.2, 0.25) is 0 Å². The number of hydrogen-bond donors (Lipinski definition) is 1. The Hall–Kier alpha value is -2.14. The van der Waals surface area contributed by atoms with Gasteiger partial charge in [-0.15, -0.1) is 0 Å². The zero-order valence-electron chi connectivity index (χ0n) is 14.8. The lowest BCUT2D eigenvalue weighted by Crippen LogP contribution is -2.38. The number of nitrogens with zero attached hydrogens (tertiary/aromatic N) is 3. The van der Waals surface area contributed by atoms with Crippen molar-refractivity contribution in [1.29, 1.82) is 0 Å². The van der Waals surface area contributed by atoms with Crippen LogP contribution >= 0.6 is 0 Å². The third-order valence-corrected chi connectivity index (χ3v) is 5.18. The second kappa shape index (κ2) is 8.30.